The molecule has 1 aliphatic heterocycles. The molecule has 0 bridgehead atoms. The van der Waals surface area contributed by atoms with Crippen molar-refractivity contribution in [2.24, 2.45) is 0 Å². The van der Waals surface area contributed by atoms with Gasteiger partial charge in [0.2, 0.25) is 0 Å². The molecule has 1 aromatic rings. The Balaban J connectivity index is 2.02. The molecular formula is C13H21ClN4OS. The second-order valence-corrected chi connectivity index (χ2v) is 6.78. The van der Waals surface area contributed by atoms with Gasteiger partial charge in [-0.2, -0.15) is 16.9 Å². The van der Waals surface area contributed by atoms with Crippen molar-refractivity contribution in [2.45, 2.75) is 19.0 Å². The highest BCUT2D eigenvalue weighted by molar-refractivity contribution is 7.99. The highest BCUT2D eigenvalue weighted by Crippen LogP contribution is 2.19. The standard InChI is InChI=1S/C13H21ClN4OS/c1-17(2)4-5-18-13(11(14)8-16-18)12(19)7-10-9-20-6-3-15-10/h8,10,15H,3-7,9H2,1-2H3. The van der Waals surface area contributed by atoms with Gasteiger partial charge in [0, 0.05) is 37.1 Å². The molecule has 112 valence electrons. The monoisotopic (exact) mass is 316 g/mol. The van der Waals surface area contributed by atoms with E-state index in [1.54, 1.807) is 10.9 Å². The van der Waals surface area contributed by atoms with E-state index < -0.39 is 0 Å². The molecule has 20 heavy (non-hydrogen) atoms. The maximum atomic E-state index is 12.5. The van der Waals surface area contributed by atoms with Gasteiger partial charge >= 0.3 is 0 Å². The van der Waals surface area contributed by atoms with E-state index >= 15 is 0 Å². The van der Waals surface area contributed by atoms with Crippen molar-refractivity contribution in [2.75, 3.05) is 38.7 Å². The zero-order valence-electron chi connectivity index (χ0n) is 11.9. The lowest BCUT2D eigenvalue weighted by molar-refractivity contribution is 0.0961. The summed E-state index contributed by atoms with van der Waals surface area (Å²) in [6.45, 7) is 2.47. The summed E-state index contributed by atoms with van der Waals surface area (Å²) in [6, 6.07) is 0.245. The molecule has 0 radical (unpaired) electrons. The van der Waals surface area contributed by atoms with E-state index in [-0.39, 0.29) is 11.8 Å². The highest BCUT2D eigenvalue weighted by Gasteiger charge is 2.22. The molecular weight excluding hydrogens is 296 g/mol. The third-order valence-corrected chi connectivity index (χ3v) is 4.66. The van der Waals surface area contributed by atoms with Crippen molar-refractivity contribution >= 4 is 29.1 Å². The predicted octanol–water partition coefficient (Wildman–Crippen LogP) is 1.38. The number of halogens is 1. The Morgan fingerprint density at radius 2 is 2.45 bits per heavy atom. The summed E-state index contributed by atoms with van der Waals surface area (Å²) in [6.07, 6.45) is 2.05. The molecule has 2 rings (SSSR count). The second kappa shape index (κ2) is 7.45. The summed E-state index contributed by atoms with van der Waals surface area (Å²) in [5.41, 5.74) is 0.547. The van der Waals surface area contributed by atoms with Gasteiger partial charge in [-0.25, -0.2) is 0 Å². The topological polar surface area (TPSA) is 50.2 Å². The van der Waals surface area contributed by atoms with Crippen molar-refractivity contribution < 1.29 is 4.79 Å². The number of rotatable bonds is 6. The lowest BCUT2D eigenvalue weighted by Crippen LogP contribution is -2.39. The van der Waals surface area contributed by atoms with Crippen LogP contribution in [0.5, 0.6) is 0 Å². The fraction of sp³-hybridized carbons (Fsp3) is 0.692. The molecule has 1 N–H and O–H groups in total. The third-order valence-electron chi connectivity index (χ3n) is 3.25. The van der Waals surface area contributed by atoms with Crippen molar-refractivity contribution in [1.29, 1.82) is 0 Å². The van der Waals surface area contributed by atoms with E-state index in [2.05, 4.69) is 15.3 Å². The Bertz CT molecular complexity index is 457. The zero-order valence-corrected chi connectivity index (χ0v) is 13.5. The van der Waals surface area contributed by atoms with E-state index in [0.29, 0.717) is 23.7 Å². The van der Waals surface area contributed by atoms with E-state index in [4.69, 9.17) is 11.6 Å². The van der Waals surface area contributed by atoms with E-state index in [0.717, 1.165) is 24.6 Å². The van der Waals surface area contributed by atoms with Crippen LogP contribution in [0.25, 0.3) is 0 Å². The van der Waals surface area contributed by atoms with Crippen LogP contribution in [0.2, 0.25) is 5.02 Å². The molecule has 0 spiro atoms. The lowest BCUT2D eigenvalue weighted by Gasteiger charge is -2.22. The molecule has 7 heteroatoms. The number of likely N-dealkylation sites (N-methyl/N-ethyl adjacent to an activating group) is 1. The van der Waals surface area contributed by atoms with Crippen molar-refractivity contribution in [1.82, 2.24) is 20.0 Å². The van der Waals surface area contributed by atoms with E-state index in [1.165, 1.54) is 0 Å². The van der Waals surface area contributed by atoms with Gasteiger partial charge in [-0.3, -0.25) is 9.48 Å². The van der Waals surface area contributed by atoms with E-state index in [1.807, 2.05) is 25.9 Å². The minimum absolute atomic E-state index is 0.0752. The number of aromatic nitrogens is 2. The summed E-state index contributed by atoms with van der Waals surface area (Å²) in [5, 5.41) is 8.05. The highest BCUT2D eigenvalue weighted by atomic mass is 35.5. The Kier molecular flexibility index (Phi) is 5.89. The number of hydrogen-bond donors (Lipinski definition) is 1. The van der Waals surface area contributed by atoms with Crippen molar-refractivity contribution in [3.63, 3.8) is 0 Å². The van der Waals surface area contributed by atoms with Gasteiger partial charge in [-0.15, -0.1) is 0 Å². The number of ketones is 1. The molecule has 1 atom stereocenters. The van der Waals surface area contributed by atoms with Gasteiger partial charge in [0.25, 0.3) is 0 Å². The fourth-order valence-electron chi connectivity index (χ4n) is 2.18. The molecule has 1 fully saturated rings. The maximum Gasteiger partial charge on any atom is 0.183 e. The van der Waals surface area contributed by atoms with Crippen LogP contribution in [0.4, 0.5) is 0 Å². The number of nitrogens with zero attached hydrogens (tertiary/aromatic N) is 3. The van der Waals surface area contributed by atoms with Crippen LogP contribution in [0, 0.1) is 0 Å². The Hall–Kier alpha value is -0.560. The van der Waals surface area contributed by atoms with Crippen LogP contribution in [0.1, 0.15) is 16.9 Å². The number of carbonyl (C=O) groups is 1. The normalized spacial score (nSPS) is 19.5. The first kappa shape index (κ1) is 15.8. The first-order chi connectivity index (χ1) is 9.58. The summed E-state index contributed by atoms with van der Waals surface area (Å²) >= 11 is 8.02. The Morgan fingerprint density at radius 1 is 1.65 bits per heavy atom. The quantitative estimate of drug-likeness (QED) is 0.804. The van der Waals surface area contributed by atoms with Crippen molar-refractivity contribution in [3.8, 4) is 0 Å². The first-order valence-corrected chi connectivity index (χ1v) is 8.31. The summed E-state index contributed by atoms with van der Waals surface area (Å²) in [4.78, 5) is 14.5. The summed E-state index contributed by atoms with van der Waals surface area (Å²) < 4.78 is 1.72. The van der Waals surface area contributed by atoms with Crippen LogP contribution in [-0.4, -0.2) is 65.2 Å². The van der Waals surface area contributed by atoms with E-state index in [9.17, 15) is 4.79 Å². The molecule has 5 nitrogen and oxygen atoms in total. The van der Waals surface area contributed by atoms with Gasteiger partial charge in [0.15, 0.2) is 5.78 Å². The average molecular weight is 317 g/mol. The molecule has 1 aromatic heterocycles. The SMILES string of the molecule is CN(C)CCn1ncc(Cl)c1C(=O)CC1CSCCN1. The maximum absolute atomic E-state index is 12.5. The largest absolute Gasteiger partial charge is 0.312 e. The number of hydrogen-bond acceptors (Lipinski definition) is 5. The fourth-order valence-corrected chi connectivity index (χ4v) is 3.37. The smallest absolute Gasteiger partial charge is 0.183 e. The number of carbonyl (C=O) groups excluding carboxylic acids is 1. The zero-order chi connectivity index (χ0) is 14.5. The first-order valence-electron chi connectivity index (χ1n) is 6.78. The minimum Gasteiger partial charge on any atom is -0.312 e. The van der Waals surface area contributed by atoms with Gasteiger partial charge < -0.3 is 10.2 Å². The molecule has 0 aromatic carbocycles. The number of thioether (sulfide) groups is 1. The predicted molar refractivity (Wildman–Crippen MR) is 83.9 cm³/mol. The van der Waals surface area contributed by atoms with Gasteiger partial charge in [0.05, 0.1) is 17.8 Å². The minimum atomic E-state index is 0.0752. The second-order valence-electron chi connectivity index (χ2n) is 5.22. The molecule has 1 saturated heterocycles. The molecule has 2 heterocycles. The lowest BCUT2D eigenvalue weighted by atomic mass is 10.1. The van der Waals surface area contributed by atoms with Crippen LogP contribution in [0.15, 0.2) is 6.20 Å². The van der Waals surface area contributed by atoms with Crippen LogP contribution in [0.3, 0.4) is 0 Å². The summed E-state index contributed by atoms with van der Waals surface area (Å²) in [5.74, 6) is 2.17. The third kappa shape index (κ3) is 4.22. The molecule has 1 aliphatic rings. The van der Waals surface area contributed by atoms with Crippen LogP contribution in [-0.2, 0) is 6.54 Å². The molecule has 0 amide bonds. The van der Waals surface area contributed by atoms with Gasteiger partial charge in [-0.1, -0.05) is 11.6 Å². The Labute approximate surface area is 129 Å². The van der Waals surface area contributed by atoms with Gasteiger partial charge in [0.1, 0.15) is 5.69 Å². The number of Topliss-reactive ketones (excluding diaryl/α,β-unsaturated/α-hetero) is 1. The molecule has 0 aliphatic carbocycles. The average Bonchev–Trinajstić information content (AvgIpc) is 2.78. The summed E-state index contributed by atoms with van der Waals surface area (Å²) in [7, 11) is 3.99. The van der Waals surface area contributed by atoms with Crippen LogP contribution >= 0.6 is 23.4 Å². The molecule has 1 unspecified atom stereocenters. The van der Waals surface area contributed by atoms with Crippen molar-refractivity contribution in [3.05, 3.63) is 16.9 Å². The Morgan fingerprint density at radius 3 is 3.10 bits per heavy atom. The number of nitrogens with one attached hydrogen (secondary N) is 1. The van der Waals surface area contributed by atoms with Gasteiger partial charge in [-0.05, 0) is 14.1 Å². The molecule has 0 saturated carbocycles. The van der Waals surface area contributed by atoms with Crippen LogP contribution < -0.4 is 5.32 Å².